The fourth-order valence-electron chi connectivity index (χ4n) is 3.54. The molecule has 1 saturated heterocycles. The first-order valence-electron chi connectivity index (χ1n) is 8.67. The van der Waals surface area contributed by atoms with E-state index in [9.17, 15) is 18.0 Å². The van der Waals surface area contributed by atoms with Gasteiger partial charge in [-0.15, -0.1) is 0 Å². The number of rotatable bonds is 4. The van der Waals surface area contributed by atoms with E-state index in [1.807, 2.05) is 20.2 Å². The molecule has 1 atom stereocenters. The molecule has 4 nitrogen and oxygen atoms in total. The van der Waals surface area contributed by atoms with Crippen molar-refractivity contribution in [3.63, 3.8) is 0 Å². The third-order valence-corrected chi connectivity index (χ3v) is 4.86. The van der Waals surface area contributed by atoms with Crippen LogP contribution in [0.2, 0.25) is 0 Å². The highest BCUT2D eigenvalue weighted by atomic mass is 19.4. The van der Waals surface area contributed by atoms with E-state index in [4.69, 9.17) is 0 Å². The Balaban J connectivity index is 1.71. The van der Waals surface area contributed by atoms with Crippen LogP contribution in [0.5, 0.6) is 0 Å². The number of halogens is 3. The highest BCUT2D eigenvalue weighted by Gasteiger charge is 2.32. The van der Waals surface area contributed by atoms with Gasteiger partial charge in [0.1, 0.15) is 0 Å². The summed E-state index contributed by atoms with van der Waals surface area (Å²) < 4.78 is 40.4. The minimum atomic E-state index is -4.44. The number of benzene rings is 1. The highest BCUT2D eigenvalue weighted by Crippen LogP contribution is 2.31. The van der Waals surface area contributed by atoms with Crippen LogP contribution in [0.1, 0.15) is 40.0 Å². The summed E-state index contributed by atoms with van der Waals surface area (Å²) in [6.45, 7) is 4.08. The SMILES string of the molecule is Cc1nn(C)cc1CN1CCCC(C(=O)c2cccc(C(F)(F)F)c2)C1. The Kier molecular flexibility index (Phi) is 5.18. The fourth-order valence-corrected chi connectivity index (χ4v) is 3.54. The van der Waals surface area contributed by atoms with E-state index in [1.165, 1.54) is 12.1 Å². The van der Waals surface area contributed by atoms with E-state index in [0.29, 0.717) is 19.5 Å². The van der Waals surface area contributed by atoms with Gasteiger partial charge in [-0.25, -0.2) is 0 Å². The number of hydrogen-bond acceptors (Lipinski definition) is 3. The third-order valence-electron chi connectivity index (χ3n) is 4.86. The molecule has 1 unspecified atom stereocenters. The molecule has 0 radical (unpaired) electrons. The minimum absolute atomic E-state index is 0.143. The van der Waals surface area contributed by atoms with Gasteiger partial charge >= 0.3 is 6.18 Å². The molecule has 3 rings (SSSR count). The fraction of sp³-hybridized carbons (Fsp3) is 0.474. The van der Waals surface area contributed by atoms with Crippen LogP contribution in [-0.4, -0.2) is 33.6 Å². The maximum Gasteiger partial charge on any atom is 0.416 e. The topological polar surface area (TPSA) is 38.1 Å². The maximum absolute atomic E-state index is 12.9. The van der Waals surface area contributed by atoms with E-state index in [-0.39, 0.29) is 17.3 Å². The lowest BCUT2D eigenvalue weighted by Crippen LogP contribution is -2.38. The number of piperidine rings is 1. The predicted molar refractivity (Wildman–Crippen MR) is 91.7 cm³/mol. The largest absolute Gasteiger partial charge is 0.416 e. The van der Waals surface area contributed by atoms with Crippen LogP contribution >= 0.6 is 0 Å². The van der Waals surface area contributed by atoms with Crippen molar-refractivity contribution < 1.29 is 18.0 Å². The molecule has 1 aromatic carbocycles. The number of carbonyl (C=O) groups is 1. The number of likely N-dealkylation sites (tertiary alicyclic amines) is 1. The first kappa shape index (κ1) is 18.6. The van der Waals surface area contributed by atoms with Crippen LogP contribution in [0.15, 0.2) is 30.5 Å². The molecule has 0 amide bonds. The number of alkyl halides is 3. The van der Waals surface area contributed by atoms with E-state index >= 15 is 0 Å². The van der Waals surface area contributed by atoms with Gasteiger partial charge in [-0.1, -0.05) is 12.1 Å². The molecule has 0 spiro atoms. The van der Waals surface area contributed by atoms with Crippen molar-refractivity contribution in [3.8, 4) is 0 Å². The van der Waals surface area contributed by atoms with E-state index < -0.39 is 11.7 Å². The lowest BCUT2D eigenvalue weighted by Gasteiger charge is -2.32. The number of carbonyl (C=O) groups excluding carboxylic acids is 1. The van der Waals surface area contributed by atoms with Gasteiger partial charge in [0.05, 0.1) is 11.3 Å². The summed E-state index contributed by atoms with van der Waals surface area (Å²) in [5.41, 5.74) is 1.43. The van der Waals surface area contributed by atoms with Gasteiger partial charge < -0.3 is 0 Å². The Morgan fingerprint density at radius 1 is 1.35 bits per heavy atom. The molecule has 2 heterocycles. The molecular weight excluding hydrogens is 343 g/mol. The summed E-state index contributed by atoms with van der Waals surface area (Å²) >= 11 is 0. The second-order valence-electron chi connectivity index (χ2n) is 6.93. The number of ketones is 1. The van der Waals surface area contributed by atoms with E-state index in [1.54, 1.807) is 4.68 Å². The van der Waals surface area contributed by atoms with Crippen molar-refractivity contribution in [3.05, 3.63) is 52.8 Å². The molecule has 1 aliphatic rings. The summed E-state index contributed by atoms with van der Waals surface area (Å²) in [6, 6.07) is 4.74. The quantitative estimate of drug-likeness (QED) is 0.773. The zero-order valence-corrected chi connectivity index (χ0v) is 14.9. The molecule has 1 aromatic heterocycles. The van der Waals surface area contributed by atoms with Crippen molar-refractivity contribution in [2.75, 3.05) is 13.1 Å². The predicted octanol–water partition coefficient (Wildman–Crippen LogP) is 3.84. The second-order valence-corrected chi connectivity index (χ2v) is 6.93. The summed E-state index contributed by atoms with van der Waals surface area (Å²) in [5, 5.41) is 4.33. The number of aromatic nitrogens is 2. The molecule has 1 fully saturated rings. The van der Waals surface area contributed by atoms with Crippen molar-refractivity contribution >= 4 is 5.78 Å². The van der Waals surface area contributed by atoms with Gasteiger partial charge in [-0.05, 0) is 38.4 Å². The lowest BCUT2D eigenvalue weighted by atomic mass is 9.89. The number of nitrogens with zero attached hydrogens (tertiary/aromatic N) is 3. The van der Waals surface area contributed by atoms with Crippen LogP contribution in [0, 0.1) is 12.8 Å². The van der Waals surface area contributed by atoms with Gasteiger partial charge in [-0.3, -0.25) is 14.4 Å². The van der Waals surface area contributed by atoms with Gasteiger partial charge in [0.2, 0.25) is 0 Å². The average Bonchev–Trinajstić information content (AvgIpc) is 2.91. The Morgan fingerprint density at radius 3 is 2.77 bits per heavy atom. The molecule has 0 bridgehead atoms. The molecule has 26 heavy (non-hydrogen) atoms. The normalized spacial score (nSPS) is 18.9. The minimum Gasteiger partial charge on any atom is -0.298 e. The van der Waals surface area contributed by atoms with Crippen molar-refractivity contribution in [1.29, 1.82) is 0 Å². The highest BCUT2D eigenvalue weighted by molar-refractivity contribution is 5.98. The Hall–Kier alpha value is -2.15. The third kappa shape index (κ3) is 4.15. The van der Waals surface area contributed by atoms with Crippen LogP contribution < -0.4 is 0 Å². The molecule has 1 aliphatic heterocycles. The molecule has 2 aromatic rings. The first-order chi connectivity index (χ1) is 12.2. The van der Waals surface area contributed by atoms with Crippen molar-refractivity contribution in [2.24, 2.45) is 13.0 Å². The van der Waals surface area contributed by atoms with Gasteiger partial charge in [0, 0.05) is 43.4 Å². The summed E-state index contributed by atoms with van der Waals surface area (Å²) in [6.07, 6.45) is -0.910. The molecular formula is C19H22F3N3O. The van der Waals surface area contributed by atoms with Gasteiger partial charge in [-0.2, -0.15) is 18.3 Å². The van der Waals surface area contributed by atoms with Crippen LogP contribution in [0.4, 0.5) is 13.2 Å². The van der Waals surface area contributed by atoms with Crippen LogP contribution in [0.25, 0.3) is 0 Å². The number of aryl methyl sites for hydroxylation is 2. The second kappa shape index (κ2) is 7.23. The van der Waals surface area contributed by atoms with E-state index in [0.717, 1.165) is 36.4 Å². The standard InChI is InChI=1S/C19H22F3N3O/c1-13-16(10-24(2)23-13)12-25-8-4-6-15(11-25)18(26)14-5-3-7-17(9-14)19(20,21)22/h3,5,7,9-10,15H,4,6,8,11-12H2,1-2H3. The van der Waals surface area contributed by atoms with Crippen molar-refractivity contribution in [2.45, 2.75) is 32.5 Å². The van der Waals surface area contributed by atoms with Crippen molar-refractivity contribution in [1.82, 2.24) is 14.7 Å². The zero-order chi connectivity index (χ0) is 18.9. The van der Waals surface area contributed by atoms with Gasteiger partial charge in [0.15, 0.2) is 5.78 Å². The molecule has 7 heteroatoms. The summed E-state index contributed by atoms with van der Waals surface area (Å²) in [4.78, 5) is 14.9. The monoisotopic (exact) mass is 365 g/mol. The average molecular weight is 365 g/mol. The molecule has 0 aliphatic carbocycles. The molecule has 0 saturated carbocycles. The number of Topliss-reactive ketones (excluding diaryl/α,β-unsaturated/α-hetero) is 1. The first-order valence-corrected chi connectivity index (χ1v) is 8.67. The lowest BCUT2D eigenvalue weighted by molar-refractivity contribution is -0.137. The van der Waals surface area contributed by atoms with Gasteiger partial charge in [0.25, 0.3) is 0 Å². The Bertz CT molecular complexity index is 798. The maximum atomic E-state index is 12.9. The smallest absolute Gasteiger partial charge is 0.298 e. The summed E-state index contributed by atoms with van der Waals surface area (Å²) in [7, 11) is 1.87. The Morgan fingerprint density at radius 2 is 2.12 bits per heavy atom. The van der Waals surface area contributed by atoms with E-state index in [2.05, 4.69) is 10.00 Å². The zero-order valence-electron chi connectivity index (χ0n) is 14.9. The Labute approximate surface area is 150 Å². The summed E-state index contributed by atoms with van der Waals surface area (Å²) in [5.74, 6) is -0.479. The van der Waals surface area contributed by atoms with Crippen LogP contribution in [0.3, 0.4) is 0 Å². The molecule has 0 N–H and O–H groups in total. The van der Waals surface area contributed by atoms with Crippen LogP contribution in [-0.2, 0) is 19.8 Å². The molecule has 140 valence electrons. The number of hydrogen-bond donors (Lipinski definition) is 0.